The van der Waals surface area contributed by atoms with Crippen molar-refractivity contribution in [1.82, 2.24) is 15.5 Å². The van der Waals surface area contributed by atoms with Crippen molar-refractivity contribution in [2.45, 2.75) is 6.92 Å². The Balaban J connectivity index is 1.76. The predicted octanol–water partition coefficient (Wildman–Crippen LogP) is -0.463. The van der Waals surface area contributed by atoms with Gasteiger partial charge in [0, 0.05) is 39.3 Å². The van der Waals surface area contributed by atoms with Gasteiger partial charge >= 0.3 is 11.8 Å². The molecule has 0 unspecified atom stereocenters. The van der Waals surface area contributed by atoms with Crippen molar-refractivity contribution < 1.29 is 9.59 Å². The fourth-order valence-corrected chi connectivity index (χ4v) is 2.30. The van der Waals surface area contributed by atoms with Gasteiger partial charge in [-0.05, 0) is 24.6 Å². The highest BCUT2D eigenvalue weighted by molar-refractivity contribution is 6.39. The average molecular weight is 305 g/mol. The maximum atomic E-state index is 11.9. The van der Waals surface area contributed by atoms with Gasteiger partial charge in [-0.1, -0.05) is 6.07 Å². The minimum Gasteiger partial charge on any atom is -0.397 e. The number of nitrogens with one attached hydrogen (secondary N) is 3. The zero-order chi connectivity index (χ0) is 15.9. The number of hydrogen-bond donors (Lipinski definition) is 4. The van der Waals surface area contributed by atoms with Gasteiger partial charge < -0.3 is 21.7 Å². The first-order valence-electron chi connectivity index (χ1n) is 7.44. The van der Waals surface area contributed by atoms with Crippen LogP contribution in [0.5, 0.6) is 0 Å². The van der Waals surface area contributed by atoms with Gasteiger partial charge in [-0.3, -0.25) is 14.5 Å². The molecule has 1 heterocycles. The zero-order valence-corrected chi connectivity index (χ0v) is 12.8. The minimum atomic E-state index is -0.697. The third kappa shape index (κ3) is 4.71. The van der Waals surface area contributed by atoms with Gasteiger partial charge in [-0.15, -0.1) is 0 Å². The lowest BCUT2D eigenvalue weighted by Crippen LogP contribution is -2.47. The van der Waals surface area contributed by atoms with Crippen LogP contribution >= 0.6 is 0 Å². The van der Waals surface area contributed by atoms with E-state index < -0.39 is 11.8 Å². The van der Waals surface area contributed by atoms with E-state index in [-0.39, 0.29) is 0 Å². The highest BCUT2D eigenvalue weighted by Crippen LogP contribution is 2.19. The number of nitrogen functional groups attached to an aromatic ring is 1. The molecular formula is C15H23N5O2. The largest absolute Gasteiger partial charge is 0.397 e. The molecule has 1 aliphatic heterocycles. The molecule has 0 saturated carbocycles. The fourth-order valence-electron chi connectivity index (χ4n) is 2.30. The number of rotatable bonds is 4. The third-order valence-corrected chi connectivity index (χ3v) is 3.59. The summed E-state index contributed by atoms with van der Waals surface area (Å²) < 4.78 is 0. The molecule has 0 aromatic heterocycles. The number of carbonyl (C=O) groups is 2. The number of nitrogens with zero attached hydrogens (tertiary/aromatic N) is 1. The molecule has 120 valence electrons. The van der Waals surface area contributed by atoms with Gasteiger partial charge in [0.05, 0.1) is 11.4 Å². The molecule has 0 spiro atoms. The molecule has 2 amide bonds. The maximum Gasteiger partial charge on any atom is 0.313 e. The Labute approximate surface area is 130 Å². The summed E-state index contributed by atoms with van der Waals surface area (Å²) in [7, 11) is 0. The van der Waals surface area contributed by atoms with Crippen LogP contribution < -0.4 is 21.7 Å². The molecular weight excluding hydrogens is 282 g/mol. The number of nitrogens with two attached hydrogens (primary N) is 1. The van der Waals surface area contributed by atoms with Crippen LogP contribution in [-0.4, -0.2) is 56.0 Å². The van der Waals surface area contributed by atoms with E-state index in [0.717, 1.165) is 38.3 Å². The summed E-state index contributed by atoms with van der Waals surface area (Å²) in [6, 6.07) is 5.28. The molecule has 1 aliphatic rings. The summed E-state index contributed by atoms with van der Waals surface area (Å²) in [5.41, 5.74) is 7.64. The third-order valence-electron chi connectivity index (χ3n) is 3.59. The molecule has 7 heteroatoms. The summed E-state index contributed by atoms with van der Waals surface area (Å²) in [4.78, 5) is 25.9. The Kier molecular flexibility index (Phi) is 5.74. The quantitative estimate of drug-likeness (QED) is 0.445. The van der Waals surface area contributed by atoms with E-state index in [1.165, 1.54) is 0 Å². The first-order valence-corrected chi connectivity index (χ1v) is 7.44. The van der Waals surface area contributed by atoms with Crippen LogP contribution in [0.3, 0.4) is 0 Å². The molecule has 2 rings (SSSR count). The first-order chi connectivity index (χ1) is 10.6. The number of carbonyl (C=O) groups excluding carboxylic acids is 2. The topological polar surface area (TPSA) is 99.5 Å². The Morgan fingerprint density at radius 1 is 1.27 bits per heavy atom. The van der Waals surface area contributed by atoms with Gasteiger partial charge in [0.15, 0.2) is 0 Å². The second-order valence-corrected chi connectivity index (χ2v) is 5.39. The summed E-state index contributed by atoms with van der Waals surface area (Å²) in [6.45, 7) is 6.93. The smallest absolute Gasteiger partial charge is 0.313 e. The lowest BCUT2D eigenvalue weighted by molar-refractivity contribution is -0.136. The van der Waals surface area contributed by atoms with Crippen molar-refractivity contribution in [1.29, 1.82) is 0 Å². The maximum absolute atomic E-state index is 11.9. The molecule has 1 saturated heterocycles. The van der Waals surface area contributed by atoms with Gasteiger partial charge in [-0.2, -0.15) is 0 Å². The van der Waals surface area contributed by atoms with E-state index in [9.17, 15) is 9.59 Å². The number of anilines is 2. The summed E-state index contributed by atoms with van der Waals surface area (Å²) in [6.07, 6.45) is 0. The van der Waals surface area contributed by atoms with Crippen molar-refractivity contribution in [3.05, 3.63) is 23.8 Å². The van der Waals surface area contributed by atoms with Crippen LogP contribution in [0.25, 0.3) is 0 Å². The van der Waals surface area contributed by atoms with Crippen LogP contribution in [0, 0.1) is 6.92 Å². The lowest BCUT2D eigenvalue weighted by Gasteiger charge is -2.26. The second kappa shape index (κ2) is 7.77. The molecule has 0 bridgehead atoms. The zero-order valence-electron chi connectivity index (χ0n) is 12.8. The minimum absolute atomic E-state index is 0.438. The van der Waals surface area contributed by atoms with Crippen LogP contribution in [0.2, 0.25) is 0 Å². The van der Waals surface area contributed by atoms with Crippen LogP contribution in [-0.2, 0) is 9.59 Å². The van der Waals surface area contributed by atoms with Gasteiger partial charge in [-0.25, -0.2) is 0 Å². The predicted molar refractivity (Wildman–Crippen MR) is 86.5 cm³/mol. The number of aryl methyl sites for hydroxylation is 1. The molecule has 5 N–H and O–H groups in total. The van der Waals surface area contributed by atoms with Crippen LogP contribution in [0.4, 0.5) is 11.4 Å². The SMILES string of the molecule is Cc1ccc(N)c(NC(=O)C(=O)NCCN2CCNCC2)c1. The van der Waals surface area contributed by atoms with Gasteiger partial charge in [0.1, 0.15) is 0 Å². The molecule has 1 aromatic carbocycles. The number of amides is 2. The molecule has 22 heavy (non-hydrogen) atoms. The van der Waals surface area contributed by atoms with Crippen molar-refractivity contribution in [3.8, 4) is 0 Å². The second-order valence-electron chi connectivity index (χ2n) is 5.39. The highest BCUT2D eigenvalue weighted by atomic mass is 16.2. The van der Waals surface area contributed by atoms with E-state index >= 15 is 0 Å². The standard InChI is InChI=1S/C15H23N5O2/c1-11-2-3-12(16)13(10-11)19-15(22)14(21)18-6-9-20-7-4-17-5-8-20/h2-3,10,17H,4-9,16H2,1H3,(H,18,21)(H,19,22). The summed E-state index contributed by atoms with van der Waals surface area (Å²) in [5, 5.41) is 8.43. The molecule has 7 nitrogen and oxygen atoms in total. The first kappa shape index (κ1) is 16.3. The van der Waals surface area contributed by atoms with E-state index in [1.54, 1.807) is 12.1 Å². The summed E-state index contributed by atoms with van der Waals surface area (Å²) in [5.74, 6) is -1.34. The molecule has 1 aromatic rings. The van der Waals surface area contributed by atoms with Crippen LogP contribution in [0.15, 0.2) is 18.2 Å². The number of benzene rings is 1. The average Bonchev–Trinajstić information content (AvgIpc) is 2.52. The van der Waals surface area contributed by atoms with Gasteiger partial charge in [0.25, 0.3) is 0 Å². The molecule has 1 fully saturated rings. The normalized spacial score (nSPS) is 15.3. The van der Waals surface area contributed by atoms with E-state index in [0.29, 0.717) is 17.9 Å². The van der Waals surface area contributed by atoms with E-state index in [2.05, 4.69) is 20.9 Å². The van der Waals surface area contributed by atoms with Crippen molar-refractivity contribution in [2.75, 3.05) is 50.3 Å². The Morgan fingerprint density at radius 3 is 2.73 bits per heavy atom. The monoisotopic (exact) mass is 305 g/mol. The number of piperazine rings is 1. The Hall–Kier alpha value is -2.12. The van der Waals surface area contributed by atoms with Gasteiger partial charge in [0.2, 0.25) is 0 Å². The van der Waals surface area contributed by atoms with E-state index in [1.807, 2.05) is 13.0 Å². The Bertz CT molecular complexity index is 541. The number of hydrogen-bond acceptors (Lipinski definition) is 5. The lowest BCUT2D eigenvalue weighted by atomic mass is 10.2. The molecule has 0 radical (unpaired) electrons. The molecule has 0 aliphatic carbocycles. The molecule has 0 atom stereocenters. The van der Waals surface area contributed by atoms with Crippen molar-refractivity contribution in [3.63, 3.8) is 0 Å². The van der Waals surface area contributed by atoms with Crippen molar-refractivity contribution in [2.24, 2.45) is 0 Å². The van der Waals surface area contributed by atoms with Crippen LogP contribution in [0.1, 0.15) is 5.56 Å². The van der Waals surface area contributed by atoms with Crippen molar-refractivity contribution >= 4 is 23.2 Å². The summed E-state index contributed by atoms with van der Waals surface area (Å²) >= 11 is 0. The Morgan fingerprint density at radius 2 is 2.00 bits per heavy atom. The fraction of sp³-hybridized carbons (Fsp3) is 0.467. The van der Waals surface area contributed by atoms with E-state index in [4.69, 9.17) is 5.73 Å². The highest BCUT2D eigenvalue weighted by Gasteiger charge is 2.15.